The smallest absolute Gasteiger partial charge is 0.129 e. The minimum absolute atomic E-state index is 0.424. The lowest BCUT2D eigenvalue weighted by molar-refractivity contribution is 0.178. The van der Waals surface area contributed by atoms with Gasteiger partial charge in [-0.2, -0.15) is 0 Å². The molecule has 2 nitrogen and oxygen atoms in total. The van der Waals surface area contributed by atoms with Gasteiger partial charge in [0, 0.05) is 17.6 Å². The predicted molar refractivity (Wildman–Crippen MR) is 69.4 cm³/mol. The monoisotopic (exact) mass is 267 g/mol. The topological polar surface area (TPSA) is 33.1 Å². The molecule has 0 spiro atoms. The highest BCUT2D eigenvalue weighted by Crippen LogP contribution is 2.19. The van der Waals surface area contributed by atoms with Gasteiger partial charge in [-0.1, -0.05) is 41.4 Å². The number of hydrogen-bond donors (Lipinski definition) is 1. The molecule has 1 aromatic heterocycles. The fourth-order valence-corrected chi connectivity index (χ4v) is 1.78. The Morgan fingerprint density at radius 2 is 1.76 bits per heavy atom. The zero-order valence-electron chi connectivity index (χ0n) is 8.98. The molecule has 0 saturated heterocycles. The van der Waals surface area contributed by atoms with Crippen molar-refractivity contribution >= 4 is 23.2 Å². The zero-order chi connectivity index (χ0) is 12.3. The molecule has 0 bridgehead atoms. The molecule has 0 amide bonds. The molecule has 2 rings (SSSR count). The Balaban J connectivity index is 2.08. The molecule has 0 fully saturated rings. The van der Waals surface area contributed by atoms with E-state index in [2.05, 4.69) is 4.98 Å². The highest BCUT2D eigenvalue weighted by molar-refractivity contribution is 6.30. The van der Waals surface area contributed by atoms with Crippen molar-refractivity contribution in [3.05, 3.63) is 63.9 Å². The van der Waals surface area contributed by atoms with Gasteiger partial charge in [-0.05, 0) is 29.3 Å². The Morgan fingerprint density at radius 1 is 1.06 bits per heavy atom. The van der Waals surface area contributed by atoms with Crippen molar-refractivity contribution in [1.29, 1.82) is 0 Å². The minimum Gasteiger partial charge on any atom is -0.388 e. The fourth-order valence-electron chi connectivity index (χ4n) is 1.55. The van der Waals surface area contributed by atoms with E-state index >= 15 is 0 Å². The summed E-state index contributed by atoms with van der Waals surface area (Å²) in [5.74, 6) is 0. The molecule has 1 unspecified atom stereocenters. The summed E-state index contributed by atoms with van der Waals surface area (Å²) in [6.45, 7) is 0. The summed E-state index contributed by atoms with van der Waals surface area (Å²) >= 11 is 11.5. The number of nitrogens with zero attached hydrogens (tertiary/aromatic N) is 1. The molecular formula is C13H11Cl2NO. The third-order valence-corrected chi connectivity index (χ3v) is 2.95. The summed E-state index contributed by atoms with van der Waals surface area (Å²) in [6.07, 6.45) is 1.53. The fraction of sp³-hybridized carbons (Fsp3) is 0.154. The van der Waals surface area contributed by atoms with Crippen molar-refractivity contribution in [2.24, 2.45) is 0 Å². The normalized spacial score (nSPS) is 12.4. The average Bonchev–Trinajstić information content (AvgIpc) is 2.33. The Kier molecular flexibility index (Phi) is 4.00. The maximum Gasteiger partial charge on any atom is 0.129 e. The molecule has 88 valence electrons. The molecule has 1 atom stereocenters. The molecule has 0 radical (unpaired) electrons. The summed E-state index contributed by atoms with van der Waals surface area (Å²) in [5, 5.41) is 11.1. The molecule has 0 saturated carbocycles. The Bertz CT molecular complexity index is 482. The van der Waals surface area contributed by atoms with E-state index in [1.807, 2.05) is 24.3 Å². The van der Waals surface area contributed by atoms with E-state index in [0.29, 0.717) is 16.6 Å². The largest absolute Gasteiger partial charge is 0.388 e. The Hall–Kier alpha value is -1.09. The SMILES string of the molecule is OC(Cc1ccc(Cl)cc1)c1ccc(Cl)nc1. The van der Waals surface area contributed by atoms with E-state index in [1.165, 1.54) is 0 Å². The third-order valence-electron chi connectivity index (χ3n) is 2.48. The van der Waals surface area contributed by atoms with Crippen LogP contribution in [0.15, 0.2) is 42.6 Å². The van der Waals surface area contributed by atoms with E-state index < -0.39 is 6.10 Å². The molecule has 2 aromatic rings. The Labute approximate surface area is 110 Å². The van der Waals surface area contributed by atoms with Crippen molar-refractivity contribution in [3.8, 4) is 0 Å². The van der Waals surface area contributed by atoms with E-state index in [1.54, 1.807) is 18.3 Å². The van der Waals surface area contributed by atoms with Gasteiger partial charge in [0.05, 0.1) is 6.10 Å². The minimum atomic E-state index is -0.582. The summed E-state index contributed by atoms with van der Waals surface area (Å²) in [5.41, 5.74) is 1.78. The second kappa shape index (κ2) is 5.50. The number of aliphatic hydroxyl groups is 1. The van der Waals surface area contributed by atoms with Crippen LogP contribution in [0.5, 0.6) is 0 Å². The number of benzene rings is 1. The number of rotatable bonds is 3. The lowest BCUT2D eigenvalue weighted by Crippen LogP contribution is -2.02. The first-order chi connectivity index (χ1) is 8.15. The van der Waals surface area contributed by atoms with Gasteiger partial charge < -0.3 is 5.11 Å². The van der Waals surface area contributed by atoms with Crippen LogP contribution in [-0.4, -0.2) is 10.1 Å². The summed E-state index contributed by atoms with van der Waals surface area (Å²) in [7, 11) is 0. The lowest BCUT2D eigenvalue weighted by atomic mass is 10.0. The number of aromatic nitrogens is 1. The van der Waals surface area contributed by atoms with Gasteiger partial charge in [0.2, 0.25) is 0 Å². The highest BCUT2D eigenvalue weighted by Gasteiger charge is 2.08. The molecule has 0 aliphatic rings. The van der Waals surface area contributed by atoms with Crippen molar-refractivity contribution in [1.82, 2.24) is 4.98 Å². The second-order valence-electron chi connectivity index (χ2n) is 3.76. The van der Waals surface area contributed by atoms with E-state index in [-0.39, 0.29) is 0 Å². The van der Waals surface area contributed by atoms with E-state index in [9.17, 15) is 5.11 Å². The van der Waals surface area contributed by atoms with Gasteiger partial charge in [0.15, 0.2) is 0 Å². The third kappa shape index (κ3) is 3.43. The van der Waals surface area contributed by atoms with Crippen molar-refractivity contribution in [3.63, 3.8) is 0 Å². The van der Waals surface area contributed by atoms with E-state index in [4.69, 9.17) is 23.2 Å². The highest BCUT2D eigenvalue weighted by atomic mass is 35.5. The van der Waals surface area contributed by atoms with Crippen LogP contribution in [0.2, 0.25) is 10.2 Å². The maximum atomic E-state index is 10.0. The van der Waals surface area contributed by atoms with Crippen LogP contribution in [0.1, 0.15) is 17.2 Å². The molecule has 0 aliphatic carbocycles. The summed E-state index contributed by atoms with van der Waals surface area (Å²) in [6, 6.07) is 10.9. The van der Waals surface area contributed by atoms with Gasteiger partial charge in [0.1, 0.15) is 5.15 Å². The molecule has 1 aromatic carbocycles. The lowest BCUT2D eigenvalue weighted by Gasteiger charge is -2.10. The standard InChI is InChI=1S/C13H11Cl2NO/c14-11-4-1-9(2-5-11)7-12(17)10-3-6-13(15)16-8-10/h1-6,8,12,17H,7H2. The van der Waals surface area contributed by atoms with Crippen LogP contribution in [0.25, 0.3) is 0 Å². The van der Waals surface area contributed by atoms with Gasteiger partial charge in [-0.15, -0.1) is 0 Å². The van der Waals surface area contributed by atoms with Gasteiger partial charge in [-0.25, -0.2) is 4.98 Å². The van der Waals surface area contributed by atoms with Crippen LogP contribution in [0.3, 0.4) is 0 Å². The predicted octanol–water partition coefficient (Wildman–Crippen LogP) is 3.66. The first-order valence-electron chi connectivity index (χ1n) is 5.19. The van der Waals surface area contributed by atoms with Crippen LogP contribution >= 0.6 is 23.2 Å². The first-order valence-corrected chi connectivity index (χ1v) is 5.95. The quantitative estimate of drug-likeness (QED) is 0.861. The molecule has 4 heteroatoms. The van der Waals surface area contributed by atoms with Gasteiger partial charge in [0.25, 0.3) is 0 Å². The number of halogens is 2. The van der Waals surface area contributed by atoms with Crippen LogP contribution < -0.4 is 0 Å². The molecular weight excluding hydrogens is 257 g/mol. The second-order valence-corrected chi connectivity index (χ2v) is 4.58. The molecule has 17 heavy (non-hydrogen) atoms. The van der Waals surface area contributed by atoms with Crippen LogP contribution in [0, 0.1) is 0 Å². The summed E-state index contributed by atoms with van der Waals surface area (Å²) in [4.78, 5) is 3.94. The average molecular weight is 268 g/mol. The Morgan fingerprint density at radius 3 is 2.35 bits per heavy atom. The van der Waals surface area contributed by atoms with E-state index in [0.717, 1.165) is 11.1 Å². The van der Waals surface area contributed by atoms with Crippen molar-refractivity contribution in [2.75, 3.05) is 0 Å². The van der Waals surface area contributed by atoms with Crippen molar-refractivity contribution < 1.29 is 5.11 Å². The maximum absolute atomic E-state index is 10.0. The van der Waals surface area contributed by atoms with Gasteiger partial charge >= 0.3 is 0 Å². The van der Waals surface area contributed by atoms with Crippen LogP contribution in [0.4, 0.5) is 0 Å². The number of hydrogen-bond acceptors (Lipinski definition) is 2. The van der Waals surface area contributed by atoms with Crippen LogP contribution in [-0.2, 0) is 6.42 Å². The zero-order valence-corrected chi connectivity index (χ0v) is 10.5. The molecule has 1 N–H and O–H groups in total. The number of aliphatic hydroxyl groups excluding tert-OH is 1. The van der Waals surface area contributed by atoms with Crippen molar-refractivity contribution in [2.45, 2.75) is 12.5 Å². The number of pyridine rings is 1. The van der Waals surface area contributed by atoms with Gasteiger partial charge in [-0.3, -0.25) is 0 Å². The summed E-state index contributed by atoms with van der Waals surface area (Å²) < 4.78 is 0. The molecule has 0 aliphatic heterocycles. The molecule has 1 heterocycles. The first kappa shape index (κ1) is 12.4.